The van der Waals surface area contributed by atoms with Crippen LogP contribution < -0.4 is 4.90 Å². The van der Waals surface area contributed by atoms with E-state index in [9.17, 15) is 9.59 Å². The summed E-state index contributed by atoms with van der Waals surface area (Å²) in [5.41, 5.74) is 1.90. The normalized spacial score (nSPS) is 10.8. The van der Waals surface area contributed by atoms with Crippen molar-refractivity contribution in [3.8, 4) is 0 Å². The van der Waals surface area contributed by atoms with Crippen LogP contribution in [0.25, 0.3) is 0 Å². The Morgan fingerprint density at radius 2 is 1.30 bits per heavy atom. The van der Waals surface area contributed by atoms with Crippen LogP contribution >= 0.6 is 0 Å². The highest BCUT2D eigenvalue weighted by atomic mass is 16.3. The lowest BCUT2D eigenvalue weighted by Gasteiger charge is -2.26. The first-order valence-electron chi connectivity index (χ1n) is 11.9. The van der Waals surface area contributed by atoms with Gasteiger partial charge in [-0.1, -0.05) is 57.2 Å². The minimum Gasteiger partial charge on any atom is -0.472 e. The Hall–Kier alpha value is -3.28. The number of carbonyl (C=O) groups excluding carboxylic acids is 2. The second-order valence-corrected chi connectivity index (χ2v) is 8.23. The number of nitrogens with zero attached hydrogens (tertiary/aromatic N) is 2. The molecule has 0 spiro atoms. The molecule has 1 aromatic carbocycles. The van der Waals surface area contributed by atoms with E-state index in [1.807, 2.05) is 35.2 Å². The topological polar surface area (TPSA) is 66.9 Å². The second-order valence-electron chi connectivity index (χ2n) is 8.23. The fourth-order valence-electron chi connectivity index (χ4n) is 3.88. The average molecular weight is 451 g/mol. The molecule has 0 saturated carbocycles. The highest BCUT2D eigenvalue weighted by Gasteiger charge is 2.21. The molecule has 176 valence electrons. The van der Waals surface area contributed by atoms with E-state index in [0.717, 1.165) is 18.5 Å². The number of amides is 2. The molecular weight excluding hydrogens is 416 g/mol. The van der Waals surface area contributed by atoms with Crippen molar-refractivity contribution in [1.29, 1.82) is 0 Å². The summed E-state index contributed by atoms with van der Waals surface area (Å²) in [5, 5.41) is 0. The maximum atomic E-state index is 13.1. The van der Waals surface area contributed by atoms with Crippen molar-refractivity contribution in [1.82, 2.24) is 4.90 Å². The number of hydrogen-bond acceptors (Lipinski definition) is 4. The zero-order valence-corrected chi connectivity index (χ0v) is 19.4. The van der Waals surface area contributed by atoms with E-state index in [-0.39, 0.29) is 11.8 Å². The quantitative estimate of drug-likeness (QED) is 0.266. The summed E-state index contributed by atoms with van der Waals surface area (Å²) >= 11 is 0. The molecule has 2 amide bonds. The van der Waals surface area contributed by atoms with E-state index in [1.54, 1.807) is 17.0 Å². The van der Waals surface area contributed by atoms with E-state index < -0.39 is 0 Å². The van der Waals surface area contributed by atoms with Gasteiger partial charge in [-0.05, 0) is 37.1 Å². The van der Waals surface area contributed by atoms with Gasteiger partial charge in [0.05, 0.1) is 23.7 Å². The molecule has 6 heteroatoms. The fraction of sp³-hybridized carbons (Fsp3) is 0.407. The van der Waals surface area contributed by atoms with Crippen LogP contribution in [0, 0.1) is 0 Å². The van der Waals surface area contributed by atoms with E-state index in [4.69, 9.17) is 8.83 Å². The second kappa shape index (κ2) is 13.3. The molecule has 0 aliphatic heterocycles. The van der Waals surface area contributed by atoms with Crippen LogP contribution in [0.5, 0.6) is 0 Å². The first-order chi connectivity index (χ1) is 16.2. The summed E-state index contributed by atoms with van der Waals surface area (Å²) in [6, 6.07) is 13.0. The van der Waals surface area contributed by atoms with Crippen LogP contribution in [0.15, 0.2) is 76.4 Å². The third-order valence-electron chi connectivity index (χ3n) is 5.73. The van der Waals surface area contributed by atoms with Crippen LogP contribution in [0.3, 0.4) is 0 Å². The van der Waals surface area contributed by atoms with Crippen LogP contribution in [0.1, 0.15) is 72.6 Å². The van der Waals surface area contributed by atoms with Crippen molar-refractivity contribution in [3.63, 3.8) is 0 Å². The highest BCUT2D eigenvalue weighted by molar-refractivity contribution is 6.05. The zero-order chi connectivity index (χ0) is 23.3. The van der Waals surface area contributed by atoms with Gasteiger partial charge in [0.1, 0.15) is 12.5 Å². The molecule has 0 atom stereocenters. The Morgan fingerprint density at radius 3 is 1.94 bits per heavy atom. The largest absolute Gasteiger partial charge is 0.472 e. The number of para-hydroxylation sites is 1. The van der Waals surface area contributed by atoms with Crippen LogP contribution in [-0.2, 0) is 0 Å². The van der Waals surface area contributed by atoms with Crippen molar-refractivity contribution < 1.29 is 18.4 Å². The number of anilines is 1. The Morgan fingerprint density at radius 1 is 0.697 bits per heavy atom. The van der Waals surface area contributed by atoms with Gasteiger partial charge in [-0.15, -0.1) is 0 Å². The summed E-state index contributed by atoms with van der Waals surface area (Å²) in [6.07, 6.45) is 13.7. The van der Waals surface area contributed by atoms with Gasteiger partial charge in [-0.25, -0.2) is 0 Å². The van der Waals surface area contributed by atoms with Gasteiger partial charge < -0.3 is 18.6 Å². The Balaban J connectivity index is 1.62. The van der Waals surface area contributed by atoms with Gasteiger partial charge >= 0.3 is 0 Å². The maximum Gasteiger partial charge on any atom is 0.261 e. The third kappa shape index (κ3) is 7.38. The van der Waals surface area contributed by atoms with Gasteiger partial charge in [0.15, 0.2) is 0 Å². The van der Waals surface area contributed by atoms with Crippen molar-refractivity contribution in [2.75, 3.05) is 24.5 Å². The van der Waals surface area contributed by atoms with E-state index >= 15 is 0 Å². The molecular formula is C27H34N2O4. The molecule has 0 bridgehead atoms. The highest BCUT2D eigenvalue weighted by Crippen LogP contribution is 2.18. The molecule has 3 aromatic rings. The predicted molar refractivity (Wildman–Crippen MR) is 129 cm³/mol. The summed E-state index contributed by atoms with van der Waals surface area (Å²) in [7, 11) is 0. The first-order valence-corrected chi connectivity index (χ1v) is 11.9. The lowest BCUT2D eigenvalue weighted by molar-refractivity contribution is 0.0750. The molecule has 2 aromatic heterocycles. The van der Waals surface area contributed by atoms with E-state index in [2.05, 4.69) is 6.92 Å². The predicted octanol–water partition coefficient (Wildman–Crippen LogP) is 6.41. The van der Waals surface area contributed by atoms with Crippen molar-refractivity contribution in [3.05, 3.63) is 78.6 Å². The summed E-state index contributed by atoms with van der Waals surface area (Å²) in [6.45, 7) is 3.99. The lowest BCUT2D eigenvalue weighted by Crippen LogP contribution is -2.37. The first kappa shape index (κ1) is 24.4. The van der Waals surface area contributed by atoms with Gasteiger partial charge in [-0.2, -0.15) is 0 Å². The van der Waals surface area contributed by atoms with Gasteiger partial charge in [-0.3, -0.25) is 9.59 Å². The van der Waals surface area contributed by atoms with Crippen molar-refractivity contribution >= 4 is 17.5 Å². The molecule has 6 nitrogen and oxygen atoms in total. The number of furan rings is 2. The number of hydrogen-bond donors (Lipinski definition) is 0. The Bertz CT molecular complexity index is 936. The number of benzene rings is 1. The number of unbranched alkanes of at least 4 members (excludes halogenated alkanes) is 5. The van der Waals surface area contributed by atoms with E-state index in [1.165, 1.54) is 50.7 Å². The minimum absolute atomic E-state index is 0.0234. The standard InChI is InChI=1S/C27H34N2O4/c1-2-3-4-5-6-10-16-28(26(30)23-14-19-32-21-23)17-11-18-29(25-12-8-7-9-13-25)27(31)24-15-20-33-22-24/h7-9,12-15,19-22H,2-6,10-11,16-18H2,1H3. The molecule has 2 heterocycles. The van der Waals surface area contributed by atoms with Crippen molar-refractivity contribution in [2.45, 2.75) is 51.9 Å². The minimum atomic E-state index is -0.112. The number of carbonyl (C=O) groups is 2. The molecule has 33 heavy (non-hydrogen) atoms. The lowest BCUT2D eigenvalue weighted by atomic mass is 10.1. The van der Waals surface area contributed by atoms with Gasteiger partial charge in [0, 0.05) is 25.3 Å². The van der Waals surface area contributed by atoms with Crippen LogP contribution in [0.2, 0.25) is 0 Å². The van der Waals surface area contributed by atoms with E-state index in [0.29, 0.717) is 37.2 Å². The SMILES string of the molecule is CCCCCCCCN(CCCN(C(=O)c1ccoc1)c1ccccc1)C(=O)c1ccoc1. The summed E-state index contributed by atoms with van der Waals surface area (Å²) in [4.78, 5) is 29.7. The molecule has 0 saturated heterocycles. The molecule has 0 aliphatic rings. The molecule has 0 N–H and O–H groups in total. The molecule has 0 radical (unpaired) electrons. The number of rotatable bonds is 14. The third-order valence-corrected chi connectivity index (χ3v) is 5.73. The molecule has 0 unspecified atom stereocenters. The van der Waals surface area contributed by atoms with Gasteiger partial charge in [0.25, 0.3) is 11.8 Å². The zero-order valence-electron chi connectivity index (χ0n) is 19.4. The fourth-order valence-corrected chi connectivity index (χ4v) is 3.88. The average Bonchev–Trinajstić information content (AvgIpc) is 3.57. The summed E-state index contributed by atoms with van der Waals surface area (Å²) in [5.74, 6) is -0.136. The smallest absolute Gasteiger partial charge is 0.261 e. The molecule has 0 fully saturated rings. The van der Waals surface area contributed by atoms with Crippen molar-refractivity contribution in [2.24, 2.45) is 0 Å². The molecule has 3 rings (SSSR count). The monoisotopic (exact) mass is 450 g/mol. The molecule has 0 aliphatic carbocycles. The van der Waals surface area contributed by atoms with Gasteiger partial charge in [0.2, 0.25) is 0 Å². The van der Waals surface area contributed by atoms with Crippen LogP contribution in [0.4, 0.5) is 5.69 Å². The summed E-state index contributed by atoms with van der Waals surface area (Å²) < 4.78 is 10.2. The Labute approximate surface area is 196 Å². The maximum absolute atomic E-state index is 13.1. The Kier molecular flexibility index (Phi) is 9.83. The van der Waals surface area contributed by atoms with Crippen LogP contribution in [-0.4, -0.2) is 36.3 Å².